The van der Waals surface area contributed by atoms with Crippen molar-refractivity contribution in [1.29, 1.82) is 0 Å². The molecule has 1 aromatic carbocycles. The van der Waals surface area contributed by atoms with Crippen LogP contribution in [-0.2, 0) is 14.3 Å². The third kappa shape index (κ3) is 4.04. The van der Waals surface area contributed by atoms with Crippen LogP contribution in [0.15, 0.2) is 46.9 Å². The fraction of sp³-hybridized carbons (Fsp3) is 0.368. The summed E-state index contributed by atoms with van der Waals surface area (Å²) in [6.45, 7) is 1.57. The van der Waals surface area contributed by atoms with Gasteiger partial charge in [-0.1, -0.05) is 30.4 Å². The molecule has 1 aliphatic carbocycles. The zero-order chi connectivity index (χ0) is 16.9. The molecule has 0 saturated carbocycles. The molecular formula is C19H21NO4. The van der Waals surface area contributed by atoms with E-state index in [-0.39, 0.29) is 30.4 Å². The first-order chi connectivity index (χ1) is 11.6. The van der Waals surface area contributed by atoms with E-state index in [1.165, 1.54) is 0 Å². The Hall–Kier alpha value is -2.56. The molecule has 0 radical (unpaired) electrons. The lowest BCUT2D eigenvalue weighted by atomic mass is 10.1. The number of amides is 1. The van der Waals surface area contributed by atoms with Gasteiger partial charge in [-0.05, 0) is 37.8 Å². The summed E-state index contributed by atoms with van der Waals surface area (Å²) in [6.07, 6.45) is 6.42. The molecule has 0 bridgehead atoms. The van der Waals surface area contributed by atoms with E-state index in [1.54, 1.807) is 0 Å². The van der Waals surface area contributed by atoms with Crippen LogP contribution in [0.3, 0.4) is 0 Å². The second kappa shape index (κ2) is 7.34. The maximum Gasteiger partial charge on any atom is 0.306 e. The number of esters is 1. The Labute approximate surface area is 140 Å². The van der Waals surface area contributed by atoms with Crippen LogP contribution in [0.2, 0.25) is 0 Å². The van der Waals surface area contributed by atoms with Crippen molar-refractivity contribution in [3.8, 4) is 0 Å². The average molecular weight is 327 g/mol. The van der Waals surface area contributed by atoms with Crippen molar-refractivity contribution in [2.45, 2.75) is 32.2 Å². The number of carbonyl (C=O) groups excluding carboxylic acids is 2. The van der Waals surface area contributed by atoms with Crippen LogP contribution in [0.25, 0.3) is 11.0 Å². The first-order valence-corrected chi connectivity index (χ1v) is 8.22. The van der Waals surface area contributed by atoms with E-state index >= 15 is 0 Å². The van der Waals surface area contributed by atoms with Crippen LogP contribution >= 0.6 is 0 Å². The van der Waals surface area contributed by atoms with Gasteiger partial charge in [-0.2, -0.15) is 0 Å². The standard InChI is InChI=1S/C19H21NO4/c1-13(17-11-15-8-4-5-9-16(15)24-17)20-18(21)12-23-19(22)10-14-6-2-3-7-14/h2,4-6,8-9,11,13-14H,3,7,10,12H2,1H3,(H,20,21)/t13-,14-/m1/s1. The number of nitrogens with one attached hydrogen (secondary N) is 1. The molecule has 1 amide bonds. The Bertz CT molecular complexity index is 729. The van der Waals surface area contributed by atoms with Crippen LogP contribution in [0.1, 0.15) is 38.0 Å². The van der Waals surface area contributed by atoms with E-state index in [9.17, 15) is 9.59 Å². The van der Waals surface area contributed by atoms with Gasteiger partial charge in [-0.15, -0.1) is 0 Å². The largest absolute Gasteiger partial charge is 0.459 e. The lowest BCUT2D eigenvalue weighted by Crippen LogP contribution is -2.31. The second-order valence-corrected chi connectivity index (χ2v) is 6.11. The van der Waals surface area contributed by atoms with Gasteiger partial charge in [0.2, 0.25) is 0 Å². The number of hydrogen-bond acceptors (Lipinski definition) is 4. The number of carbonyl (C=O) groups is 2. The van der Waals surface area contributed by atoms with Crippen molar-refractivity contribution in [3.05, 3.63) is 48.2 Å². The highest BCUT2D eigenvalue weighted by Gasteiger charge is 2.18. The Morgan fingerprint density at radius 2 is 2.21 bits per heavy atom. The fourth-order valence-electron chi connectivity index (χ4n) is 2.85. The molecule has 0 saturated heterocycles. The number of ether oxygens (including phenoxy) is 1. The third-order valence-corrected chi connectivity index (χ3v) is 4.15. The number of para-hydroxylation sites is 1. The molecule has 3 rings (SSSR count). The molecule has 2 aromatic rings. The topological polar surface area (TPSA) is 68.5 Å². The molecule has 1 aromatic heterocycles. The molecule has 5 heteroatoms. The van der Waals surface area contributed by atoms with Crippen LogP contribution in [0.4, 0.5) is 0 Å². The minimum atomic E-state index is -0.335. The zero-order valence-electron chi connectivity index (χ0n) is 13.7. The molecule has 0 spiro atoms. The van der Waals surface area contributed by atoms with Crippen LogP contribution in [-0.4, -0.2) is 18.5 Å². The Kier molecular flexibility index (Phi) is 4.99. The van der Waals surface area contributed by atoms with Gasteiger partial charge in [0, 0.05) is 5.39 Å². The summed E-state index contributed by atoms with van der Waals surface area (Å²) in [4.78, 5) is 23.7. The summed E-state index contributed by atoms with van der Waals surface area (Å²) in [7, 11) is 0. The smallest absolute Gasteiger partial charge is 0.306 e. The van der Waals surface area contributed by atoms with Crippen molar-refractivity contribution in [2.75, 3.05) is 6.61 Å². The Balaban J connectivity index is 1.47. The maximum atomic E-state index is 11.9. The molecule has 1 N–H and O–H groups in total. The van der Waals surface area contributed by atoms with Crippen LogP contribution in [0.5, 0.6) is 0 Å². The molecule has 0 fully saturated rings. The van der Waals surface area contributed by atoms with Crippen molar-refractivity contribution < 1.29 is 18.7 Å². The van der Waals surface area contributed by atoms with E-state index < -0.39 is 0 Å². The summed E-state index contributed by atoms with van der Waals surface area (Å²) in [5, 5.41) is 3.77. The summed E-state index contributed by atoms with van der Waals surface area (Å²) in [5.41, 5.74) is 0.782. The van der Waals surface area contributed by atoms with E-state index in [4.69, 9.17) is 9.15 Å². The number of benzene rings is 1. The quantitative estimate of drug-likeness (QED) is 0.651. The Morgan fingerprint density at radius 3 is 2.96 bits per heavy atom. The number of rotatable bonds is 6. The number of fused-ring (bicyclic) bond motifs is 1. The van der Waals surface area contributed by atoms with Gasteiger partial charge in [-0.3, -0.25) is 9.59 Å². The molecule has 24 heavy (non-hydrogen) atoms. The van der Waals surface area contributed by atoms with Gasteiger partial charge in [0.15, 0.2) is 6.61 Å². The predicted molar refractivity (Wildman–Crippen MR) is 90.2 cm³/mol. The van der Waals surface area contributed by atoms with Crippen molar-refractivity contribution in [2.24, 2.45) is 5.92 Å². The lowest BCUT2D eigenvalue weighted by Gasteiger charge is -2.12. The molecule has 5 nitrogen and oxygen atoms in total. The fourth-order valence-corrected chi connectivity index (χ4v) is 2.85. The predicted octanol–water partition coefficient (Wildman–Crippen LogP) is 3.51. The highest BCUT2D eigenvalue weighted by Crippen LogP contribution is 2.23. The number of furan rings is 1. The molecular weight excluding hydrogens is 306 g/mol. The van der Waals surface area contributed by atoms with Gasteiger partial charge < -0.3 is 14.5 Å². The minimum Gasteiger partial charge on any atom is -0.459 e. The monoisotopic (exact) mass is 327 g/mol. The van der Waals surface area contributed by atoms with Gasteiger partial charge in [0.1, 0.15) is 11.3 Å². The van der Waals surface area contributed by atoms with Gasteiger partial charge in [0.25, 0.3) is 5.91 Å². The summed E-state index contributed by atoms with van der Waals surface area (Å²) < 4.78 is 10.8. The van der Waals surface area contributed by atoms with Crippen molar-refractivity contribution in [1.82, 2.24) is 5.32 Å². The normalized spacial score (nSPS) is 17.8. The first kappa shape index (κ1) is 16.3. The number of allylic oxidation sites excluding steroid dienone is 2. The van der Waals surface area contributed by atoms with Crippen molar-refractivity contribution in [3.63, 3.8) is 0 Å². The summed E-state index contributed by atoms with van der Waals surface area (Å²) >= 11 is 0. The number of hydrogen-bond donors (Lipinski definition) is 1. The molecule has 126 valence electrons. The molecule has 1 heterocycles. The zero-order valence-corrected chi connectivity index (χ0v) is 13.7. The SMILES string of the molecule is C[C@@H](NC(=O)COC(=O)C[C@@H]1C=CCC1)c1cc2ccccc2o1. The van der Waals surface area contributed by atoms with E-state index in [0.717, 1.165) is 23.8 Å². The van der Waals surface area contributed by atoms with Crippen LogP contribution < -0.4 is 5.32 Å². The van der Waals surface area contributed by atoms with E-state index in [0.29, 0.717) is 12.2 Å². The van der Waals surface area contributed by atoms with Crippen molar-refractivity contribution >= 4 is 22.8 Å². The van der Waals surface area contributed by atoms with Crippen LogP contribution in [0, 0.1) is 5.92 Å². The average Bonchev–Trinajstić information content (AvgIpc) is 3.21. The van der Waals surface area contributed by atoms with Gasteiger partial charge >= 0.3 is 5.97 Å². The second-order valence-electron chi connectivity index (χ2n) is 6.11. The van der Waals surface area contributed by atoms with E-state index in [1.807, 2.05) is 43.3 Å². The molecule has 1 aliphatic rings. The lowest BCUT2D eigenvalue weighted by molar-refractivity contribution is -0.149. The maximum absolute atomic E-state index is 11.9. The highest BCUT2D eigenvalue weighted by atomic mass is 16.5. The highest BCUT2D eigenvalue weighted by molar-refractivity contribution is 5.81. The molecule has 2 atom stereocenters. The third-order valence-electron chi connectivity index (χ3n) is 4.15. The summed E-state index contributed by atoms with van der Waals surface area (Å²) in [5.74, 6) is 0.248. The first-order valence-electron chi connectivity index (χ1n) is 8.22. The van der Waals surface area contributed by atoms with Gasteiger partial charge in [0.05, 0.1) is 12.5 Å². The molecule has 0 aliphatic heterocycles. The summed E-state index contributed by atoms with van der Waals surface area (Å²) in [6, 6.07) is 9.28. The van der Waals surface area contributed by atoms with E-state index in [2.05, 4.69) is 11.4 Å². The molecule has 0 unspecified atom stereocenters. The Morgan fingerprint density at radius 1 is 1.38 bits per heavy atom. The minimum absolute atomic E-state index is 0.245. The van der Waals surface area contributed by atoms with Gasteiger partial charge in [-0.25, -0.2) is 0 Å².